The third-order valence-corrected chi connectivity index (χ3v) is 5.58. The Labute approximate surface area is 166 Å². The summed E-state index contributed by atoms with van der Waals surface area (Å²) in [6.07, 6.45) is 0.487. The summed E-state index contributed by atoms with van der Waals surface area (Å²) in [5.41, 5.74) is 3.93. The molecular weight excluding hydrogens is 370 g/mol. The lowest BCUT2D eigenvalue weighted by molar-refractivity contribution is -0.120. The van der Waals surface area contributed by atoms with E-state index in [-0.39, 0.29) is 18.5 Å². The number of imide groups is 1. The minimum absolute atomic E-state index is 0.241. The second kappa shape index (κ2) is 6.48. The summed E-state index contributed by atoms with van der Waals surface area (Å²) in [7, 11) is 0. The van der Waals surface area contributed by atoms with Crippen LogP contribution in [0.3, 0.4) is 0 Å². The molecule has 2 aromatic carbocycles. The second-order valence-corrected chi connectivity index (χ2v) is 7.20. The molecule has 3 amide bonds. The molecule has 0 radical (unpaired) electrons. The minimum Gasteiger partial charge on any atom is -0.462 e. The van der Waals surface area contributed by atoms with E-state index in [0.717, 1.165) is 22.2 Å². The molecular formula is C22H19N3O4. The van der Waals surface area contributed by atoms with Crippen LogP contribution < -0.4 is 4.90 Å². The number of ether oxygens (including phenoxy) is 1. The Hall–Kier alpha value is -3.61. The van der Waals surface area contributed by atoms with Gasteiger partial charge >= 0.3 is 12.0 Å². The van der Waals surface area contributed by atoms with E-state index >= 15 is 0 Å². The van der Waals surface area contributed by atoms with Crippen LogP contribution in [0.2, 0.25) is 0 Å². The molecule has 29 heavy (non-hydrogen) atoms. The van der Waals surface area contributed by atoms with Gasteiger partial charge in [-0.05, 0) is 42.8 Å². The van der Waals surface area contributed by atoms with E-state index < -0.39 is 12.0 Å². The molecule has 3 aromatic rings. The van der Waals surface area contributed by atoms with Crippen LogP contribution in [0.15, 0.2) is 48.5 Å². The van der Waals surface area contributed by atoms with Crippen LogP contribution in [0.1, 0.15) is 28.5 Å². The Bertz CT molecular complexity index is 1150. The van der Waals surface area contributed by atoms with Gasteiger partial charge in [-0.3, -0.25) is 4.79 Å². The largest absolute Gasteiger partial charge is 0.462 e. The van der Waals surface area contributed by atoms with Crippen molar-refractivity contribution in [1.82, 2.24) is 9.88 Å². The van der Waals surface area contributed by atoms with Crippen molar-refractivity contribution in [2.24, 2.45) is 0 Å². The van der Waals surface area contributed by atoms with Gasteiger partial charge in [0.05, 0.1) is 24.4 Å². The molecule has 5 rings (SSSR count). The lowest BCUT2D eigenvalue weighted by atomic mass is 9.97. The van der Waals surface area contributed by atoms with Crippen LogP contribution in [0.25, 0.3) is 10.9 Å². The van der Waals surface area contributed by atoms with Gasteiger partial charge in [0.15, 0.2) is 0 Å². The smallest absolute Gasteiger partial charge is 0.338 e. The maximum absolute atomic E-state index is 13.1. The lowest BCUT2D eigenvalue weighted by Crippen LogP contribution is -2.39. The van der Waals surface area contributed by atoms with E-state index in [0.29, 0.717) is 24.2 Å². The molecule has 1 atom stereocenters. The van der Waals surface area contributed by atoms with Gasteiger partial charge in [-0.25, -0.2) is 14.5 Å². The highest BCUT2D eigenvalue weighted by atomic mass is 16.5. The summed E-state index contributed by atoms with van der Waals surface area (Å²) >= 11 is 0. The highest BCUT2D eigenvalue weighted by Gasteiger charge is 2.48. The number of fused-ring (bicyclic) bond motifs is 4. The number of aromatic amines is 1. The second-order valence-electron chi connectivity index (χ2n) is 7.20. The van der Waals surface area contributed by atoms with Crippen LogP contribution in [0, 0.1) is 0 Å². The molecule has 146 valence electrons. The van der Waals surface area contributed by atoms with Gasteiger partial charge in [0.2, 0.25) is 0 Å². The van der Waals surface area contributed by atoms with Gasteiger partial charge in [0.25, 0.3) is 5.91 Å². The van der Waals surface area contributed by atoms with Crippen molar-refractivity contribution >= 4 is 34.5 Å². The first-order valence-electron chi connectivity index (χ1n) is 9.58. The van der Waals surface area contributed by atoms with E-state index in [4.69, 9.17) is 4.74 Å². The van der Waals surface area contributed by atoms with E-state index in [1.54, 1.807) is 36.1 Å². The van der Waals surface area contributed by atoms with Gasteiger partial charge in [-0.1, -0.05) is 18.2 Å². The van der Waals surface area contributed by atoms with E-state index in [1.807, 2.05) is 24.3 Å². The Balaban J connectivity index is 1.45. The molecule has 0 spiro atoms. The average Bonchev–Trinajstić information content (AvgIpc) is 3.22. The first kappa shape index (κ1) is 17.5. The summed E-state index contributed by atoms with van der Waals surface area (Å²) < 4.78 is 4.98. The third kappa shape index (κ3) is 2.61. The Morgan fingerprint density at radius 1 is 1.14 bits per heavy atom. The third-order valence-electron chi connectivity index (χ3n) is 5.58. The molecule has 1 aromatic heterocycles. The fourth-order valence-electron chi connectivity index (χ4n) is 4.20. The van der Waals surface area contributed by atoms with Crippen LogP contribution in [0.5, 0.6) is 0 Å². The molecule has 1 N–H and O–H groups in total. The summed E-state index contributed by atoms with van der Waals surface area (Å²) in [6.45, 7) is 2.40. The standard InChI is InChI=1S/C22H19N3O4/c1-2-29-21(27)13-7-9-14(10-8-13)25-20(26)19-11-16-15-5-3-4-6-17(15)23-18(16)12-24(19)22(25)28/h3-10,19,23H,2,11-12H2,1H3/t19-/m0/s1. The fraction of sp³-hybridized carbons (Fsp3) is 0.227. The van der Waals surface area contributed by atoms with Crippen molar-refractivity contribution in [3.05, 3.63) is 65.4 Å². The van der Waals surface area contributed by atoms with Crippen LogP contribution in [-0.4, -0.2) is 40.4 Å². The number of para-hydroxylation sites is 1. The van der Waals surface area contributed by atoms with E-state index in [9.17, 15) is 14.4 Å². The van der Waals surface area contributed by atoms with Crippen molar-refractivity contribution in [1.29, 1.82) is 0 Å². The molecule has 1 saturated heterocycles. The van der Waals surface area contributed by atoms with Gasteiger partial charge in [0, 0.05) is 23.0 Å². The molecule has 2 aliphatic heterocycles. The van der Waals surface area contributed by atoms with Crippen molar-refractivity contribution in [3.63, 3.8) is 0 Å². The Morgan fingerprint density at radius 2 is 1.90 bits per heavy atom. The average molecular weight is 389 g/mol. The quantitative estimate of drug-likeness (QED) is 0.551. The number of H-pyrrole nitrogens is 1. The molecule has 2 aliphatic rings. The number of anilines is 1. The number of amides is 3. The zero-order valence-corrected chi connectivity index (χ0v) is 15.8. The van der Waals surface area contributed by atoms with Crippen molar-refractivity contribution < 1.29 is 19.1 Å². The van der Waals surface area contributed by atoms with Crippen LogP contribution >= 0.6 is 0 Å². The molecule has 0 unspecified atom stereocenters. The number of carbonyl (C=O) groups excluding carboxylic acids is 3. The molecule has 0 saturated carbocycles. The number of hydrogen-bond donors (Lipinski definition) is 1. The predicted molar refractivity (Wildman–Crippen MR) is 107 cm³/mol. The molecule has 3 heterocycles. The summed E-state index contributed by atoms with van der Waals surface area (Å²) in [6, 6.07) is 13.5. The van der Waals surface area contributed by atoms with Gasteiger partial charge in [0.1, 0.15) is 6.04 Å². The normalized spacial score (nSPS) is 18.2. The van der Waals surface area contributed by atoms with Gasteiger partial charge < -0.3 is 14.6 Å². The number of esters is 1. The number of aromatic nitrogens is 1. The SMILES string of the molecule is CCOC(=O)c1ccc(N2C(=O)[C@@H]3Cc4c([nH]c5ccccc45)CN3C2=O)cc1. The highest BCUT2D eigenvalue weighted by Crippen LogP contribution is 2.36. The summed E-state index contributed by atoms with van der Waals surface area (Å²) in [5.74, 6) is -0.671. The molecule has 0 aliphatic carbocycles. The zero-order chi connectivity index (χ0) is 20.1. The maximum atomic E-state index is 13.1. The number of hydrogen-bond acceptors (Lipinski definition) is 4. The first-order valence-corrected chi connectivity index (χ1v) is 9.58. The monoisotopic (exact) mass is 389 g/mol. The Morgan fingerprint density at radius 3 is 2.66 bits per heavy atom. The fourth-order valence-corrected chi connectivity index (χ4v) is 4.20. The molecule has 7 nitrogen and oxygen atoms in total. The minimum atomic E-state index is -0.515. The summed E-state index contributed by atoms with van der Waals surface area (Å²) in [5, 5.41) is 1.10. The van der Waals surface area contributed by atoms with E-state index in [2.05, 4.69) is 4.98 Å². The number of nitrogens with zero attached hydrogens (tertiary/aromatic N) is 2. The van der Waals surface area contributed by atoms with Crippen LogP contribution in [-0.2, 0) is 22.5 Å². The molecule has 0 bridgehead atoms. The molecule has 1 fully saturated rings. The van der Waals surface area contributed by atoms with Crippen molar-refractivity contribution in [3.8, 4) is 0 Å². The number of rotatable bonds is 3. The number of benzene rings is 2. The van der Waals surface area contributed by atoms with Gasteiger partial charge in [-0.2, -0.15) is 0 Å². The van der Waals surface area contributed by atoms with Gasteiger partial charge in [-0.15, -0.1) is 0 Å². The maximum Gasteiger partial charge on any atom is 0.338 e. The Kier molecular flexibility index (Phi) is 3.91. The molecule has 7 heteroatoms. The number of urea groups is 1. The number of nitrogens with one attached hydrogen (secondary N) is 1. The van der Waals surface area contributed by atoms with Crippen molar-refractivity contribution in [2.75, 3.05) is 11.5 Å². The van der Waals surface area contributed by atoms with Crippen LogP contribution in [0.4, 0.5) is 10.5 Å². The zero-order valence-electron chi connectivity index (χ0n) is 15.8. The summed E-state index contributed by atoms with van der Waals surface area (Å²) in [4.78, 5) is 44.1. The predicted octanol–water partition coefficient (Wildman–Crippen LogP) is 3.24. The van der Waals surface area contributed by atoms with Crippen molar-refractivity contribution in [2.45, 2.75) is 25.9 Å². The lowest BCUT2D eigenvalue weighted by Gasteiger charge is -2.26. The van der Waals surface area contributed by atoms with E-state index in [1.165, 1.54) is 4.90 Å². The topological polar surface area (TPSA) is 82.7 Å². The highest BCUT2D eigenvalue weighted by molar-refractivity contribution is 6.21. The number of carbonyl (C=O) groups is 3. The first-order chi connectivity index (χ1) is 14.1.